The fourth-order valence-corrected chi connectivity index (χ4v) is 4.66. The average Bonchev–Trinajstić information content (AvgIpc) is 3.40. The Labute approximate surface area is 198 Å². The van der Waals surface area contributed by atoms with Gasteiger partial charge in [-0.1, -0.05) is 12.1 Å². The molecule has 1 fully saturated rings. The fraction of sp³-hybridized carbons (Fsp3) is 0.500. The number of amides is 1. The highest BCUT2D eigenvalue weighted by atomic mass is 32.1. The zero-order chi connectivity index (χ0) is 23.4. The van der Waals surface area contributed by atoms with Gasteiger partial charge in [-0.3, -0.25) is 4.79 Å². The number of imidazole rings is 1. The summed E-state index contributed by atoms with van der Waals surface area (Å²) in [5.74, 6) is 0.641. The van der Waals surface area contributed by atoms with Crippen LogP contribution >= 0.6 is 11.3 Å². The van der Waals surface area contributed by atoms with Crippen LogP contribution in [0.1, 0.15) is 61.4 Å². The summed E-state index contributed by atoms with van der Waals surface area (Å²) in [7, 11) is 0. The Bertz CT molecular complexity index is 1120. The Balaban J connectivity index is 1.37. The topological polar surface area (TPSA) is 89.3 Å². The first kappa shape index (κ1) is 23.4. The van der Waals surface area contributed by atoms with Crippen molar-refractivity contribution in [1.82, 2.24) is 24.8 Å². The number of thiazole rings is 1. The van der Waals surface area contributed by atoms with Crippen LogP contribution in [0.2, 0.25) is 0 Å². The number of aromatic nitrogens is 3. The van der Waals surface area contributed by atoms with Gasteiger partial charge in [-0.2, -0.15) is 0 Å². The Hall–Kier alpha value is -2.78. The van der Waals surface area contributed by atoms with E-state index in [0.717, 1.165) is 42.0 Å². The highest BCUT2D eigenvalue weighted by Gasteiger charge is 2.23. The second-order valence-electron chi connectivity index (χ2n) is 9.24. The SMILES string of the molecule is CC(C)(C)OC(=O)n1c(CNCCc2nc(C(=O)N3CCCCC3)cs2)nc2ccccc21. The molecule has 3 heterocycles. The van der Waals surface area contributed by atoms with Crippen LogP contribution in [0, 0.1) is 0 Å². The lowest BCUT2D eigenvalue weighted by molar-refractivity contribution is 0.0538. The van der Waals surface area contributed by atoms with Crippen molar-refractivity contribution in [1.29, 1.82) is 0 Å². The van der Waals surface area contributed by atoms with Crippen molar-refractivity contribution in [2.45, 2.75) is 58.6 Å². The smallest absolute Gasteiger partial charge is 0.420 e. The van der Waals surface area contributed by atoms with E-state index >= 15 is 0 Å². The third kappa shape index (κ3) is 5.78. The van der Waals surface area contributed by atoms with Crippen molar-refractivity contribution in [3.63, 3.8) is 0 Å². The standard InChI is InChI=1S/C24H31N5O3S/c1-24(2,3)32-23(31)29-19-10-6-5-9-17(19)26-20(29)15-25-12-11-21-27-18(16-33-21)22(30)28-13-7-4-8-14-28/h5-6,9-10,16,25H,4,7-8,11-15H2,1-3H3. The van der Waals surface area contributed by atoms with Gasteiger partial charge in [-0.25, -0.2) is 19.3 Å². The summed E-state index contributed by atoms with van der Waals surface area (Å²) < 4.78 is 7.13. The van der Waals surface area contributed by atoms with Crippen LogP contribution in [0.3, 0.4) is 0 Å². The van der Waals surface area contributed by atoms with Crippen molar-refractivity contribution < 1.29 is 14.3 Å². The van der Waals surface area contributed by atoms with E-state index in [-0.39, 0.29) is 5.91 Å². The maximum Gasteiger partial charge on any atom is 0.420 e. The van der Waals surface area contributed by atoms with Gasteiger partial charge in [0.05, 0.1) is 22.6 Å². The predicted molar refractivity (Wildman–Crippen MR) is 129 cm³/mol. The summed E-state index contributed by atoms with van der Waals surface area (Å²) in [6, 6.07) is 7.53. The van der Waals surface area contributed by atoms with Gasteiger partial charge in [0, 0.05) is 31.4 Å². The minimum Gasteiger partial charge on any atom is -0.443 e. The lowest BCUT2D eigenvalue weighted by Gasteiger charge is -2.25. The molecule has 1 aromatic carbocycles. The summed E-state index contributed by atoms with van der Waals surface area (Å²) >= 11 is 1.51. The fourth-order valence-electron chi connectivity index (χ4n) is 3.88. The number of ether oxygens (including phenoxy) is 1. The van der Waals surface area contributed by atoms with Crippen molar-refractivity contribution in [3.05, 3.63) is 46.2 Å². The van der Waals surface area contributed by atoms with Crippen LogP contribution in [0.5, 0.6) is 0 Å². The molecule has 0 spiro atoms. The normalized spacial score (nSPS) is 14.6. The molecule has 0 radical (unpaired) electrons. The number of nitrogens with zero attached hydrogens (tertiary/aromatic N) is 4. The average molecular weight is 470 g/mol. The van der Waals surface area contributed by atoms with Gasteiger partial charge in [0.15, 0.2) is 0 Å². The molecule has 2 aromatic heterocycles. The summed E-state index contributed by atoms with van der Waals surface area (Å²) in [5.41, 5.74) is 1.43. The molecule has 1 aliphatic heterocycles. The molecule has 0 aliphatic carbocycles. The maximum atomic E-state index is 12.8. The lowest BCUT2D eigenvalue weighted by Crippen LogP contribution is -2.35. The molecule has 4 rings (SSSR count). The van der Waals surface area contributed by atoms with Gasteiger partial charge in [0.2, 0.25) is 0 Å². The number of hydrogen-bond donors (Lipinski definition) is 1. The molecule has 3 aromatic rings. The molecule has 1 N–H and O–H groups in total. The van der Waals surface area contributed by atoms with Crippen LogP contribution < -0.4 is 5.32 Å². The van der Waals surface area contributed by atoms with Crippen molar-refractivity contribution in [3.8, 4) is 0 Å². The molecule has 176 valence electrons. The van der Waals surface area contributed by atoms with E-state index in [1.54, 1.807) is 0 Å². The summed E-state index contributed by atoms with van der Waals surface area (Å²) in [6.45, 7) is 8.26. The number of benzene rings is 1. The van der Waals surface area contributed by atoms with Gasteiger partial charge in [0.25, 0.3) is 5.91 Å². The molecule has 0 atom stereocenters. The number of likely N-dealkylation sites (tertiary alicyclic amines) is 1. The van der Waals surface area contributed by atoms with Crippen LogP contribution in [-0.4, -0.2) is 56.7 Å². The Morgan fingerprint density at radius 1 is 1.12 bits per heavy atom. The van der Waals surface area contributed by atoms with Crippen LogP contribution in [0.15, 0.2) is 29.6 Å². The minimum absolute atomic E-state index is 0.0382. The van der Waals surface area contributed by atoms with Crippen LogP contribution in [-0.2, 0) is 17.7 Å². The second-order valence-corrected chi connectivity index (χ2v) is 10.2. The largest absolute Gasteiger partial charge is 0.443 e. The number of carbonyl (C=O) groups excluding carboxylic acids is 2. The number of piperidine rings is 1. The van der Waals surface area contributed by atoms with Gasteiger partial charge in [-0.05, 0) is 52.2 Å². The van der Waals surface area contributed by atoms with E-state index in [1.165, 1.54) is 22.3 Å². The Morgan fingerprint density at radius 3 is 2.64 bits per heavy atom. The summed E-state index contributed by atoms with van der Waals surface area (Å²) in [5, 5.41) is 6.13. The first-order valence-electron chi connectivity index (χ1n) is 11.5. The van der Waals surface area contributed by atoms with E-state index in [4.69, 9.17) is 4.74 Å². The minimum atomic E-state index is -0.596. The number of hydrogen-bond acceptors (Lipinski definition) is 7. The predicted octanol–water partition coefficient (Wildman–Crippen LogP) is 4.23. The molecule has 33 heavy (non-hydrogen) atoms. The number of carbonyl (C=O) groups is 2. The molecular weight excluding hydrogens is 438 g/mol. The van der Waals surface area contributed by atoms with Gasteiger partial charge in [-0.15, -0.1) is 11.3 Å². The summed E-state index contributed by atoms with van der Waals surface area (Å²) in [4.78, 5) is 36.5. The van der Waals surface area contributed by atoms with Crippen molar-refractivity contribution in [2.75, 3.05) is 19.6 Å². The van der Waals surface area contributed by atoms with E-state index in [1.807, 2.05) is 55.3 Å². The van der Waals surface area contributed by atoms with E-state index in [2.05, 4.69) is 15.3 Å². The van der Waals surface area contributed by atoms with Crippen molar-refractivity contribution >= 4 is 34.4 Å². The maximum absolute atomic E-state index is 12.8. The highest BCUT2D eigenvalue weighted by molar-refractivity contribution is 7.09. The van der Waals surface area contributed by atoms with E-state index in [9.17, 15) is 9.59 Å². The molecular formula is C24H31N5O3S. The number of para-hydroxylation sites is 2. The third-order valence-corrected chi connectivity index (χ3v) is 6.33. The highest BCUT2D eigenvalue weighted by Crippen LogP contribution is 2.19. The van der Waals surface area contributed by atoms with Gasteiger partial charge in [0.1, 0.15) is 17.1 Å². The number of fused-ring (bicyclic) bond motifs is 1. The second kappa shape index (κ2) is 10.0. The Morgan fingerprint density at radius 2 is 1.88 bits per heavy atom. The first-order chi connectivity index (χ1) is 15.8. The monoisotopic (exact) mass is 469 g/mol. The van der Waals surface area contributed by atoms with E-state index in [0.29, 0.717) is 31.0 Å². The van der Waals surface area contributed by atoms with Crippen molar-refractivity contribution in [2.24, 2.45) is 0 Å². The zero-order valence-corrected chi connectivity index (χ0v) is 20.3. The number of rotatable bonds is 6. The number of nitrogens with one attached hydrogen (secondary N) is 1. The molecule has 9 heteroatoms. The summed E-state index contributed by atoms with van der Waals surface area (Å²) in [6.07, 6.45) is 3.60. The molecule has 8 nitrogen and oxygen atoms in total. The van der Waals surface area contributed by atoms with Gasteiger partial charge >= 0.3 is 6.09 Å². The molecule has 1 saturated heterocycles. The quantitative estimate of drug-likeness (QED) is 0.544. The van der Waals surface area contributed by atoms with Crippen LogP contribution in [0.25, 0.3) is 11.0 Å². The van der Waals surface area contributed by atoms with Gasteiger partial charge < -0.3 is 15.0 Å². The zero-order valence-electron chi connectivity index (χ0n) is 19.5. The Kier molecular flexibility index (Phi) is 7.09. The first-order valence-corrected chi connectivity index (χ1v) is 12.3. The molecule has 0 saturated carbocycles. The third-order valence-electron chi connectivity index (χ3n) is 5.42. The molecule has 1 amide bonds. The van der Waals surface area contributed by atoms with E-state index < -0.39 is 11.7 Å². The molecule has 0 bridgehead atoms. The molecule has 1 aliphatic rings. The molecule has 0 unspecified atom stereocenters. The lowest BCUT2D eigenvalue weighted by atomic mass is 10.1. The van der Waals surface area contributed by atoms with Crippen LogP contribution in [0.4, 0.5) is 4.79 Å².